The minimum atomic E-state index is -0.885. The highest BCUT2D eigenvalue weighted by Crippen LogP contribution is 2.35. The van der Waals surface area contributed by atoms with Crippen LogP contribution in [-0.2, 0) is 9.59 Å². The molecule has 1 aromatic heterocycles. The van der Waals surface area contributed by atoms with Gasteiger partial charge in [-0.1, -0.05) is 18.2 Å². The Labute approximate surface area is 162 Å². The van der Waals surface area contributed by atoms with E-state index in [1.807, 2.05) is 23.1 Å². The summed E-state index contributed by atoms with van der Waals surface area (Å²) in [6, 6.07) is 9.47. The number of anilines is 1. The van der Waals surface area contributed by atoms with Crippen molar-refractivity contribution in [3.63, 3.8) is 0 Å². The van der Waals surface area contributed by atoms with Gasteiger partial charge in [-0.05, 0) is 43.7 Å². The third kappa shape index (κ3) is 4.30. The smallest absolute Gasteiger partial charge is 0.267 e. The Morgan fingerprint density at radius 2 is 2.00 bits per heavy atom. The van der Waals surface area contributed by atoms with Gasteiger partial charge in [0.1, 0.15) is 5.75 Å². The summed E-state index contributed by atoms with van der Waals surface area (Å²) in [6.07, 6.45) is 5.35. The molecule has 5 rings (SSSR count). The molecule has 1 aromatic carbocycles. The molecule has 1 N–H and O–H groups in total. The lowest BCUT2D eigenvalue weighted by molar-refractivity contribution is -0.143. The summed E-state index contributed by atoms with van der Waals surface area (Å²) < 4.78 is 5.88. The number of carbonyl (C=O) groups is 2. The van der Waals surface area contributed by atoms with Crippen molar-refractivity contribution in [2.75, 3.05) is 11.9 Å². The van der Waals surface area contributed by atoms with Crippen LogP contribution in [0, 0.1) is 5.92 Å². The number of aromatic nitrogens is 1. The summed E-state index contributed by atoms with van der Waals surface area (Å²) >= 11 is 1.34. The molecule has 0 spiro atoms. The van der Waals surface area contributed by atoms with Crippen LogP contribution in [0.3, 0.4) is 0 Å². The molecule has 1 atom stereocenters. The SMILES string of the molecule is O=C(Nc1nccs1)[C@H](CC(=O)N1CC2CCC1CC2)Oc1ccccc1. The van der Waals surface area contributed by atoms with Crippen molar-refractivity contribution < 1.29 is 14.3 Å². The third-order valence-corrected chi connectivity index (χ3v) is 6.06. The maximum atomic E-state index is 12.9. The molecule has 2 aromatic rings. The van der Waals surface area contributed by atoms with E-state index in [1.54, 1.807) is 23.7 Å². The number of benzene rings is 1. The topological polar surface area (TPSA) is 71.5 Å². The van der Waals surface area contributed by atoms with Crippen molar-refractivity contribution in [2.45, 2.75) is 44.2 Å². The van der Waals surface area contributed by atoms with Gasteiger partial charge in [0.15, 0.2) is 11.2 Å². The first-order chi connectivity index (χ1) is 13.2. The van der Waals surface area contributed by atoms with Gasteiger partial charge in [0.2, 0.25) is 5.91 Å². The van der Waals surface area contributed by atoms with E-state index >= 15 is 0 Å². The maximum Gasteiger partial charge on any atom is 0.267 e. The maximum absolute atomic E-state index is 12.9. The monoisotopic (exact) mass is 385 g/mol. The molecule has 0 unspecified atom stereocenters. The number of nitrogens with one attached hydrogen (secondary N) is 1. The van der Waals surface area contributed by atoms with Crippen LogP contribution in [-0.4, -0.2) is 40.4 Å². The van der Waals surface area contributed by atoms with Gasteiger partial charge in [-0.25, -0.2) is 4.98 Å². The molecule has 2 amide bonds. The zero-order valence-electron chi connectivity index (χ0n) is 15.0. The number of nitrogens with zero attached hydrogens (tertiary/aromatic N) is 2. The largest absolute Gasteiger partial charge is 0.480 e. The number of ether oxygens (including phenoxy) is 1. The number of hydrogen-bond donors (Lipinski definition) is 1. The molecular weight excluding hydrogens is 362 g/mol. The number of para-hydroxylation sites is 1. The quantitative estimate of drug-likeness (QED) is 0.828. The van der Waals surface area contributed by atoms with Crippen LogP contribution >= 0.6 is 11.3 Å². The van der Waals surface area contributed by atoms with E-state index in [9.17, 15) is 9.59 Å². The van der Waals surface area contributed by atoms with Crippen LogP contribution in [0.25, 0.3) is 0 Å². The molecule has 6 nitrogen and oxygen atoms in total. The first-order valence-electron chi connectivity index (χ1n) is 9.40. The van der Waals surface area contributed by atoms with Crippen molar-refractivity contribution >= 4 is 28.3 Å². The van der Waals surface area contributed by atoms with E-state index in [2.05, 4.69) is 10.3 Å². The Morgan fingerprint density at radius 3 is 2.63 bits per heavy atom. The minimum Gasteiger partial charge on any atom is -0.480 e. The lowest BCUT2D eigenvalue weighted by Gasteiger charge is -2.45. The zero-order chi connectivity index (χ0) is 18.6. The Kier molecular flexibility index (Phi) is 5.38. The summed E-state index contributed by atoms with van der Waals surface area (Å²) in [5.41, 5.74) is 0. The molecule has 0 radical (unpaired) electrons. The van der Waals surface area contributed by atoms with Gasteiger partial charge in [-0.3, -0.25) is 14.9 Å². The molecule has 1 saturated carbocycles. The van der Waals surface area contributed by atoms with Crippen LogP contribution in [0.1, 0.15) is 32.1 Å². The van der Waals surface area contributed by atoms with Gasteiger partial charge in [0.25, 0.3) is 5.91 Å². The fourth-order valence-corrected chi connectivity index (χ4v) is 4.50. The van der Waals surface area contributed by atoms with Crippen molar-refractivity contribution in [3.05, 3.63) is 41.9 Å². The fraction of sp³-hybridized carbons (Fsp3) is 0.450. The highest BCUT2D eigenvalue weighted by molar-refractivity contribution is 7.13. The molecular formula is C20H23N3O3S. The number of piperidine rings is 2. The van der Waals surface area contributed by atoms with Crippen molar-refractivity contribution in [3.8, 4) is 5.75 Å². The predicted molar refractivity (Wildman–Crippen MR) is 104 cm³/mol. The summed E-state index contributed by atoms with van der Waals surface area (Å²) in [6.45, 7) is 0.815. The second-order valence-corrected chi connectivity index (χ2v) is 8.07. The number of hydrogen-bond acceptors (Lipinski definition) is 5. The van der Waals surface area contributed by atoms with Gasteiger partial charge in [-0.15, -0.1) is 11.3 Å². The third-order valence-electron chi connectivity index (χ3n) is 5.37. The van der Waals surface area contributed by atoms with Gasteiger partial charge >= 0.3 is 0 Å². The summed E-state index contributed by atoms with van der Waals surface area (Å²) in [7, 11) is 0. The zero-order valence-corrected chi connectivity index (χ0v) is 15.9. The van der Waals surface area contributed by atoms with E-state index in [-0.39, 0.29) is 18.2 Å². The molecule has 1 aliphatic carbocycles. The fourth-order valence-electron chi connectivity index (χ4n) is 3.97. The molecule has 3 fully saturated rings. The predicted octanol–water partition coefficient (Wildman–Crippen LogP) is 3.32. The van der Waals surface area contributed by atoms with Crippen LogP contribution in [0.2, 0.25) is 0 Å². The average molecular weight is 385 g/mol. The van der Waals surface area contributed by atoms with Crippen molar-refractivity contribution in [2.24, 2.45) is 5.92 Å². The standard InChI is InChI=1S/C20H23N3O3S/c24-18(23-13-14-6-8-15(23)9-7-14)12-17(26-16-4-2-1-3-5-16)19(25)22-20-21-10-11-27-20/h1-5,10-11,14-15,17H,6-9,12-13H2,(H,21,22,25)/t14?,15?,17-/m0/s1. The second-order valence-electron chi connectivity index (χ2n) is 7.17. The van der Waals surface area contributed by atoms with Crippen LogP contribution in [0.5, 0.6) is 5.75 Å². The van der Waals surface area contributed by atoms with Crippen molar-refractivity contribution in [1.82, 2.24) is 9.88 Å². The Morgan fingerprint density at radius 1 is 1.22 bits per heavy atom. The number of thiazole rings is 1. The number of rotatable bonds is 6. The van der Waals surface area contributed by atoms with E-state index < -0.39 is 6.10 Å². The highest BCUT2D eigenvalue weighted by atomic mass is 32.1. The molecule has 142 valence electrons. The van der Waals surface area contributed by atoms with E-state index in [1.165, 1.54) is 24.2 Å². The summed E-state index contributed by atoms with van der Waals surface area (Å²) in [5, 5.41) is 5.05. The Balaban J connectivity index is 1.46. The molecule has 3 heterocycles. The first-order valence-corrected chi connectivity index (χ1v) is 10.3. The van der Waals surface area contributed by atoms with E-state index in [0.29, 0.717) is 22.8 Å². The lowest BCUT2D eigenvalue weighted by Crippen LogP contribution is -2.52. The van der Waals surface area contributed by atoms with E-state index in [0.717, 1.165) is 19.4 Å². The van der Waals surface area contributed by atoms with Crippen molar-refractivity contribution in [1.29, 1.82) is 0 Å². The molecule has 2 bridgehead atoms. The number of carbonyl (C=O) groups excluding carboxylic acids is 2. The van der Waals surface area contributed by atoms with Gasteiger partial charge in [0.05, 0.1) is 6.42 Å². The highest BCUT2D eigenvalue weighted by Gasteiger charge is 2.38. The molecule has 7 heteroatoms. The van der Waals surface area contributed by atoms with Crippen LogP contribution in [0.4, 0.5) is 5.13 Å². The van der Waals surface area contributed by atoms with Gasteiger partial charge < -0.3 is 9.64 Å². The van der Waals surface area contributed by atoms with Gasteiger partial charge in [0, 0.05) is 24.2 Å². The van der Waals surface area contributed by atoms with E-state index in [4.69, 9.17) is 4.74 Å². The summed E-state index contributed by atoms with van der Waals surface area (Å²) in [4.78, 5) is 31.8. The lowest BCUT2D eigenvalue weighted by atomic mass is 9.80. The molecule has 2 aliphatic heterocycles. The number of amides is 2. The average Bonchev–Trinajstić information content (AvgIpc) is 3.22. The number of fused-ring (bicyclic) bond motifs is 3. The Hall–Kier alpha value is -2.41. The first kappa shape index (κ1) is 18.0. The van der Waals surface area contributed by atoms with Crippen LogP contribution < -0.4 is 10.1 Å². The molecule has 2 saturated heterocycles. The van der Waals surface area contributed by atoms with Crippen LogP contribution in [0.15, 0.2) is 41.9 Å². The normalized spacial score (nSPS) is 22.3. The second kappa shape index (κ2) is 8.08. The minimum absolute atomic E-state index is 0.000352. The Bertz CT molecular complexity index is 773. The van der Waals surface area contributed by atoms with Gasteiger partial charge in [-0.2, -0.15) is 0 Å². The summed E-state index contributed by atoms with van der Waals surface area (Å²) in [5.74, 6) is 0.838. The molecule has 27 heavy (non-hydrogen) atoms. The molecule has 3 aliphatic rings.